The van der Waals surface area contributed by atoms with Gasteiger partial charge in [0, 0.05) is 5.70 Å². The van der Waals surface area contributed by atoms with Gasteiger partial charge in [0.1, 0.15) is 6.04 Å². The van der Waals surface area contributed by atoms with E-state index in [0.717, 1.165) is 11.1 Å². The van der Waals surface area contributed by atoms with Gasteiger partial charge >= 0.3 is 11.9 Å². The smallest absolute Gasteiger partial charge is 0.338 e. The van der Waals surface area contributed by atoms with Crippen LogP contribution in [0.2, 0.25) is 0 Å². The number of hydrogen-bond acceptors (Lipinski definition) is 8. The molecular weight excluding hydrogens is 380 g/mol. The van der Waals surface area contributed by atoms with Crippen molar-refractivity contribution in [3.05, 3.63) is 46.7 Å². The summed E-state index contributed by atoms with van der Waals surface area (Å²) in [6, 6.07) is 7.41. The molecule has 1 aliphatic heterocycles. The number of allylic oxidation sites excluding steroid dienone is 1. The van der Waals surface area contributed by atoms with Crippen molar-refractivity contribution in [1.29, 1.82) is 0 Å². The lowest BCUT2D eigenvalue weighted by Gasteiger charge is -2.28. The summed E-state index contributed by atoms with van der Waals surface area (Å²) in [6.07, 6.45) is 0. The molecule has 0 aliphatic carbocycles. The van der Waals surface area contributed by atoms with E-state index in [4.69, 9.17) is 4.74 Å². The average Bonchev–Trinajstić information content (AvgIpc) is 3.07. The van der Waals surface area contributed by atoms with Crippen LogP contribution in [0.4, 0.5) is 5.95 Å². The Hall–Kier alpha value is -2.81. The van der Waals surface area contributed by atoms with Crippen LogP contribution in [0.15, 0.2) is 40.7 Å². The van der Waals surface area contributed by atoms with Crippen molar-refractivity contribution < 1.29 is 19.1 Å². The number of carbonyl (C=O) groups is 2. The Kier molecular flexibility index (Phi) is 6.03. The lowest BCUT2D eigenvalue weighted by molar-refractivity contribution is -0.139. The number of nitrogens with one attached hydrogen (secondary N) is 1. The fourth-order valence-electron chi connectivity index (χ4n) is 3.00. The summed E-state index contributed by atoms with van der Waals surface area (Å²) in [5.41, 5.74) is 3.11. The van der Waals surface area contributed by atoms with Gasteiger partial charge < -0.3 is 14.8 Å². The topological polar surface area (TPSA) is 95.3 Å². The summed E-state index contributed by atoms with van der Waals surface area (Å²) in [6.45, 7) is 5.86. The molecular formula is C19H22N4O4S. The summed E-state index contributed by atoms with van der Waals surface area (Å²) < 4.78 is 11.6. The molecule has 2 aromatic rings. The second kappa shape index (κ2) is 8.47. The highest BCUT2D eigenvalue weighted by Crippen LogP contribution is 2.36. The minimum atomic E-state index is -0.477. The van der Waals surface area contributed by atoms with Crippen LogP contribution in [0.25, 0.3) is 0 Å². The number of anilines is 1. The summed E-state index contributed by atoms with van der Waals surface area (Å²) >= 11 is 1.18. The monoisotopic (exact) mass is 402 g/mol. The fraction of sp³-hybridized carbons (Fsp3) is 0.368. The molecule has 1 atom stereocenters. The molecule has 0 radical (unpaired) electrons. The molecule has 1 aromatic carbocycles. The molecule has 0 saturated carbocycles. The molecule has 1 aromatic heterocycles. The van der Waals surface area contributed by atoms with Gasteiger partial charge in [0.05, 0.1) is 25.0 Å². The van der Waals surface area contributed by atoms with Gasteiger partial charge in [0.25, 0.3) is 0 Å². The lowest BCUT2D eigenvalue weighted by atomic mass is 9.95. The fourth-order valence-corrected chi connectivity index (χ4v) is 3.66. The predicted octanol–water partition coefficient (Wildman–Crippen LogP) is 2.70. The van der Waals surface area contributed by atoms with Gasteiger partial charge in [-0.15, -0.1) is 5.10 Å². The van der Waals surface area contributed by atoms with Crippen LogP contribution >= 0.6 is 11.8 Å². The van der Waals surface area contributed by atoms with E-state index < -0.39 is 12.0 Å². The van der Waals surface area contributed by atoms with Gasteiger partial charge in [-0.25, -0.2) is 9.48 Å². The second-order valence-corrected chi connectivity index (χ2v) is 7.17. The van der Waals surface area contributed by atoms with Gasteiger partial charge in [0.2, 0.25) is 11.1 Å². The number of esters is 2. The van der Waals surface area contributed by atoms with Crippen molar-refractivity contribution in [2.45, 2.75) is 32.0 Å². The van der Waals surface area contributed by atoms with Crippen molar-refractivity contribution in [3.8, 4) is 0 Å². The number of rotatable bonds is 6. The third kappa shape index (κ3) is 4.04. The normalized spacial score (nSPS) is 15.6. The number of aromatic nitrogens is 3. The minimum absolute atomic E-state index is 0.103. The first-order valence-corrected chi connectivity index (χ1v) is 9.80. The van der Waals surface area contributed by atoms with E-state index >= 15 is 0 Å². The van der Waals surface area contributed by atoms with E-state index in [0.29, 0.717) is 22.4 Å². The van der Waals surface area contributed by atoms with Crippen molar-refractivity contribution in [1.82, 2.24) is 14.8 Å². The molecule has 0 unspecified atom stereocenters. The highest BCUT2D eigenvalue weighted by Gasteiger charge is 2.35. The van der Waals surface area contributed by atoms with Gasteiger partial charge in [-0.05, 0) is 26.3 Å². The van der Waals surface area contributed by atoms with Crippen LogP contribution in [-0.4, -0.2) is 46.2 Å². The number of aryl methyl sites for hydroxylation is 1. The van der Waals surface area contributed by atoms with Gasteiger partial charge in [0.15, 0.2) is 0 Å². The Morgan fingerprint density at radius 3 is 2.79 bits per heavy atom. The quantitative estimate of drug-likeness (QED) is 0.582. The molecule has 3 rings (SSSR count). The van der Waals surface area contributed by atoms with Crippen LogP contribution in [0.5, 0.6) is 0 Å². The zero-order valence-corrected chi connectivity index (χ0v) is 17.0. The molecule has 0 amide bonds. The first kappa shape index (κ1) is 19.9. The summed E-state index contributed by atoms with van der Waals surface area (Å²) in [7, 11) is 1.34. The number of nitrogens with zero attached hydrogens (tertiary/aromatic N) is 3. The zero-order valence-electron chi connectivity index (χ0n) is 16.2. The van der Waals surface area contributed by atoms with Crippen LogP contribution < -0.4 is 5.32 Å². The highest BCUT2D eigenvalue weighted by molar-refractivity contribution is 7.99. The van der Waals surface area contributed by atoms with Gasteiger partial charge in [-0.1, -0.05) is 41.6 Å². The van der Waals surface area contributed by atoms with Crippen molar-refractivity contribution >= 4 is 29.6 Å². The van der Waals surface area contributed by atoms with E-state index in [9.17, 15) is 9.59 Å². The molecule has 2 heterocycles. The van der Waals surface area contributed by atoms with E-state index in [1.54, 1.807) is 11.6 Å². The van der Waals surface area contributed by atoms with Gasteiger partial charge in [-0.3, -0.25) is 4.79 Å². The number of methoxy groups -OCH3 is 1. The zero-order chi connectivity index (χ0) is 20.3. The molecule has 0 fully saturated rings. The summed E-state index contributed by atoms with van der Waals surface area (Å²) in [4.78, 5) is 28.6. The number of benzene rings is 1. The maximum atomic E-state index is 12.7. The number of ether oxygens (including phenoxy) is 2. The molecule has 28 heavy (non-hydrogen) atoms. The SMILES string of the molecule is CCOC(=O)C1=C(C)Nc2nc(SCC(=O)OC)nn2[C@@H]1c1cccc(C)c1. The van der Waals surface area contributed by atoms with Crippen LogP contribution in [0, 0.1) is 6.92 Å². The van der Waals surface area contributed by atoms with E-state index in [2.05, 4.69) is 20.1 Å². The van der Waals surface area contributed by atoms with Crippen LogP contribution in [0.3, 0.4) is 0 Å². The van der Waals surface area contributed by atoms with Crippen molar-refractivity contribution in [2.24, 2.45) is 0 Å². The minimum Gasteiger partial charge on any atom is -0.468 e. The Labute approximate surface area is 167 Å². The Morgan fingerprint density at radius 2 is 2.11 bits per heavy atom. The Morgan fingerprint density at radius 1 is 1.32 bits per heavy atom. The standard InChI is InChI=1S/C19H22N4O4S/c1-5-27-17(25)15-12(3)20-18-21-19(28-10-14(24)26-4)22-23(18)16(15)13-8-6-7-11(2)9-13/h6-9,16H,5,10H2,1-4H3,(H,20,21,22)/t16-/m1/s1. The first-order chi connectivity index (χ1) is 13.4. The van der Waals surface area contributed by atoms with Crippen LogP contribution in [0.1, 0.15) is 31.0 Å². The van der Waals surface area contributed by atoms with E-state index in [1.165, 1.54) is 18.9 Å². The molecule has 8 nitrogen and oxygen atoms in total. The first-order valence-electron chi connectivity index (χ1n) is 8.82. The van der Waals surface area contributed by atoms with Crippen LogP contribution in [-0.2, 0) is 19.1 Å². The second-order valence-electron chi connectivity index (χ2n) is 6.23. The lowest BCUT2D eigenvalue weighted by Crippen LogP contribution is -2.29. The molecule has 1 N–H and O–H groups in total. The summed E-state index contributed by atoms with van der Waals surface area (Å²) in [5, 5.41) is 8.07. The Balaban J connectivity index is 2.04. The molecule has 0 bridgehead atoms. The summed E-state index contributed by atoms with van der Waals surface area (Å²) in [5.74, 6) is -0.150. The van der Waals surface area contributed by atoms with E-state index in [-0.39, 0.29) is 18.3 Å². The largest absolute Gasteiger partial charge is 0.468 e. The molecule has 1 aliphatic rings. The van der Waals surface area contributed by atoms with Gasteiger partial charge in [-0.2, -0.15) is 4.98 Å². The average molecular weight is 402 g/mol. The van der Waals surface area contributed by atoms with Crippen molar-refractivity contribution in [3.63, 3.8) is 0 Å². The molecule has 148 valence electrons. The maximum Gasteiger partial charge on any atom is 0.338 e. The number of hydrogen-bond donors (Lipinski definition) is 1. The number of thioether (sulfide) groups is 1. The van der Waals surface area contributed by atoms with E-state index in [1.807, 2.05) is 38.1 Å². The van der Waals surface area contributed by atoms with Crippen molar-refractivity contribution in [2.75, 3.05) is 24.8 Å². The molecule has 9 heteroatoms. The molecule has 0 saturated heterocycles. The number of fused-ring (bicyclic) bond motifs is 1. The Bertz CT molecular complexity index is 938. The molecule has 0 spiro atoms. The third-order valence-electron chi connectivity index (χ3n) is 4.23. The number of carbonyl (C=O) groups excluding carboxylic acids is 2. The predicted molar refractivity (Wildman–Crippen MR) is 105 cm³/mol. The highest BCUT2D eigenvalue weighted by atomic mass is 32.2. The third-order valence-corrected chi connectivity index (χ3v) is 5.04. The maximum absolute atomic E-state index is 12.7.